The first-order valence-electron chi connectivity index (χ1n) is 7.10. The van der Waals surface area contributed by atoms with Crippen LogP contribution in [0, 0.1) is 16.0 Å². The standard InChI is InChI=1S/C19H14N2OS/c1-22-15-9-5-8-14(10-15)18-11-16(13-6-3-2-4-7-13)17(12-20)19(23)21-18/h2-11H,1H3,(H,21,23). The maximum Gasteiger partial charge on any atom is 0.122 e. The number of H-pyrrole nitrogens is 1. The molecule has 3 aromatic rings. The molecular formula is C19H14N2OS. The second-order valence-electron chi connectivity index (χ2n) is 5.01. The Balaban J connectivity index is 2.23. The molecule has 3 rings (SSSR count). The van der Waals surface area contributed by atoms with E-state index in [1.165, 1.54) is 0 Å². The van der Waals surface area contributed by atoms with Crippen molar-refractivity contribution in [3.05, 3.63) is 70.9 Å². The van der Waals surface area contributed by atoms with Crippen molar-refractivity contribution in [1.29, 1.82) is 5.26 Å². The van der Waals surface area contributed by atoms with Crippen molar-refractivity contribution in [3.63, 3.8) is 0 Å². The van der Waals surface area contributed by atoms with Gasteiger partial charge in [-0.05, 0) is 23.8 Å². The summed E-state index contributed by atoms with van der Waals surface area (Å²) in [6.07, 6.45) is 0. The Morgan fingerprint density at radius 3 is 2.43 bits per heavy atom. The average molecular weight is 318 g/mol. The van der Waals surface area contributed by atoms with Gasteiger partial charge in [0.15, 0.2) is 0 Å². The molecule has 2 aromatic carbocycles. The SMILES string of the molecule is COc1cccc(-c2cc(-c3ccccc3)c(C#N)c(=S)[nH]2)c1. The van der Waals surface area contributed by atoms with Gasteiger partial charge in [0.1, 0.15) is 16.5 Å². The molecule has 0 aliphatic heterocycles. The first-order chi connectivity index (χ1) is 11.2. The molecule has 0 spiro atoms. The van der Waals surface area contributed by atoms with Crippen LogP contribution in [0.5, 0.6) is 5.75 Å². The third-order valence-corrected chi connectivity index (χ3v) is 3.92. The second-order valence-corrected chi connectivity index (χ2v) is 5.42. The minimum absolute atomic E-state index is 0.437. The number of hydrogen-bond donors (Lipinski definition) is 1. The molecule has 0 aliphatic rings. The first-order valence-corrected chi connectivity index (χ1v) is 7.51. The van der Waals surface area contributed by atoms with E-state index in [4.69, 9.17) is 17.0 Å². The van der Waals surface area contributed by atoms with Crippen molar-refractivity contribution < 1.29 is 4.74 Å². The fourth-order valence-corrected chi connectivity index (χ4v) is 2.73. The number of nitrogens with zero attached hydrogens (tertiary/aromatic N) is 1. The van der Waals surface area contributed by atoms with Gasteiger partial charge in [-0.25, -0.2) is 0 Å². The van der Waals surface area contributed by atoms with E-state index in [1.807, 2.05) is 60.7 Å². The summed E-state index contributed by atoms with van der Waals surface area (Å²) in [4.78, 5) is 3.14. The zero-order valence-electron chi connectivity index (χ0n) is 12.5. The summed E-state index contributed by atoms with van der Waals surface area (Å²) in [6, 6.07) is 21.7. The third-order valence-electron chi connectivity index (χ3n) is 3.61. The number of benzene rings is 2. The largest absolute Gasteiger partial charge is 0.497 e. The van der Waals surface area contributed by atoms with Crippen LogP contribution in [-0.2, 0) is 0 Å². The number of nitrogens with one attached hydrogen (secondary N) is 1. The fraction of sp³-hybridized carbons (Fsp3) is 0.0526. The van der Waals surface area contributed by atoms with Crippen molar-refractivity contribution in [2.24, 2.45) is 0 Å². The summed E-state index contributed by atoms with van der Waals surface area (Å²) in [5.74, 6) is 0.771. The molecular weight excluding hydrogens is 304 g/mol. The van der Waals surface area contributed by atoms with Crippen LogP contribution < -0.4 is 4.74 Å². The smallest absolute Gasteiger partial charge is 0.122 e. The van der Waals surface area contributed by atoms with Gasteiger partial charge in [-0.2, -0.15) is 5.26 Å². The lowest BCUT2D eigenvalue weighted by Gasteiger charge is -2.10. The van der Waals surface area contributed by atoms with Gasteiger partial charge in [0.2, 0.25) is 0 Å². The number of methoxy groups -OCH3 is 1. The predicted molar refractivity (Wildman–Crippen MR) is 93.8 cm³/mol. The maximum absolute atomic E-state index is 9.45. The van der Waals surface area contributed by atoms with Crippen LogP contribution in [0.25, 0.3) is 22.4 Å². The molecule has 1 N–H and O–H groups in total. The van der Waals surface area contributed by atoms with Gasteiger partial charge in [0.05, 0.1) is 12.7 Å². The van der Waals surface area contributed by atoms with Gasteiger partial charge in [-0.15, -0.1) is 0 Å². The average Bonchev–Trinajstić information content (AvgIpc) is 2.61. The molecule has 0 saturated heterocycles. The Kier molecular flexibility index (Phi) is 4.22. The highest BCUT2D eigenvalue weighted by Gasteiger charge is 2.10. The topological polar surface area (TPSA) is 48.8 Å². The lowest BCUT2D eigenvalue weighted by molar-refractivity contribution is 0.415. The van der Waals surface area contributed by atoms with E-state index in [0.29, 0.717) is 10.2 Å². The molecule has 0 unspecified atom stereocenters. The zero-order chi connectivity index (χ0) is 16.2. The van der Waals surface area contributed by atoms with Gasteiger partial charge < -0.3 is 9.72 Å². The quantitative estimate of drug-likeness (QED) is 0.694. The number of pyridine rings is 1. The number of rotatable bonds is 3. The molecule has 0 bridgehead atoms. The Hall–Kier alpha value is -2.90. The molecule has 0 saturated carbocycles. The molecule has 0 atom stereocenters. The van der Waals surface area contributed by atoms with Crippen LogP contribution in [0.3, 0.4) is 0 Å². The molecule has 1 heterocycles. The van der Waals surface area contributed by atoms with E-state index in [-0.39, 0.29) is 0 Å². The molecule has 4 heteroatoms. The van der Waals surface area contributed by atoms with Crippen molar-refractivity contribution in [2.45, 2.75) is 0 Å². The van der Waals surface area contributed by atoms with Crippen LogP contribution in [0.1, 0.15) is 5.56 Å². The Morgan fingerprint density at radius 1 is 1.00 bits per heavy atom. The highest BCUT2D eigenvalue weighted by molar-refractivity contribution is 7.71. The molecule has 0 aliphatic carbocycles. The molecule has 0 amide bonds. The summed E-state index contributed by atoms with van der Waals surface area (Å²) in [6.45, 7) is 0. The Morgan fingerprint density at radius 2 is 1.74 bits per heavy atom. The van der Waals surface area contributed by atoms with Crippen LogP contribution in [0.4, 0.5) is 0 Å². The fourth-order valence-electron chi connectivity index (χ4n) is 2.46. The van der Waals surface area contributed by atoms with E-state index in [1.54, 1.807) is 7.11 Å². The first kappa shape index (κ1) is 15.0. The molecule has 1 aromatic heterocycles. The van der Waals surface area contributed by atoms with Gasteiger partial charge >= 0.3 is 0 Å². The maximum atomic E-state index is 9.45. The molecule has 0 radical (unpaired) electrons. The lowest BCUT2D eigenvalue weighted by atomic mass is 9.99. The molecule has 3 nitrogen and oxygen atoms in total. The van der Waals surface area contributed by atoms with Gasteiger partial charge in [0.25, 0.3) is 0 Å². The number of hydrogen-bond acceptors (Lipinski definition) is 3. The Bertz CT molecular complexity index is 940. The van der Waals surface area contributed by atoms with E-state index >= 15 is 0 Å². The van der Waals surface area contributed by atoms with Crippen molar-refractivity contribution in [2.75, 3.05) is 7.11 Å². The van der Waals surface area contributed by atoms with Crippen molar-refractivity contribution >= 4 is 12.2 Å². The molecule has 0 fully saturated rings. The predicted octanol–water partition coefficient (Wildman–Crippen LogP) is 4.96. The highest BCUT2D eigenvalue weighted by atomic mass is 32.1. The van der Waals surface area contributed by atoms with Crippen molar-refractivity contribution in [3.8, 4) is 34.2 Å². The lowest BCUT2D eigenvalue weighted by Crippen LogP contribution is -1.93. The Labute approximate surface area is 139 Å². The molecule has 112 valence electrons. The zero-order valence-corrected chi connectivity index (χ0v) is 13.4. The number of aromatic amines is 1. The van der Waals surface area contributed by atoms with Crippen LogP contribution in [0.15, 0.2) is 60.7 Å². The second kappa shape index (κ2) is 6.47. The number of ether oxygens (including phenoxy) is 1. The van der Waals surface area contributed by atoms with E-state index in [2.05, 4.69) is 11.1 Å². The summed E-state index contributed by atoms with van der Waals surface area (Å²) in [5.41, 5.74) is 4.09. The monoisotopic (exact) mass is 318 g/mol. The summed E-state index contributed by atoms with van der Waals surface area (Å²) in [5, 5.41) is 9.45. The van der Waals surface area contributed by atoms with E-state index in [0.717, 1.165) is 28.1 Å². The van der Waals surface area contributed by atoms with E-state index in [9.17, 15) is 5.26 Å². The van der Waals surface area contributed by atoms with E-state index < -0.39 is 0 Å². The highest BCUT2D eigenvalue weighted by Crippen LogP contribution is 2.29. The van der Waals surface area contributed by atoms with Crippen LogP contribution >= 0.6 is 12.2 Å². The summed E-state index contributed by atoms with van der Waals surface area (Å²) >= 11 is 5.38. The third kappa shape index (κ3) is 3.01. The van der Waals surface area contributed by atoms with Gasteiger partial charge in [-0.1, -0.05) is 54.7 Å². The minimum Gasteiger partial charge on any atom is -0.497 e. The summed E-state index contributed by atoms with van der Waals surface area (Å²) < 4.78 is 5.71. The normalized spacial score (nSPS) is 10.1. The number of nitriles is 1. The van der Waals surface area contributed by atoms with Gasteiger partial charge in [0, 0.05) is 16.8 Å². The van der Waals surface area contributed by atoms with Crippen LogP contribution in [-0.4, -0.2) is 12.1 Å². The van der Waals surface area contributed by atoms with Crippen molar-refractivity contribution in [1.82, 2.24) is 4.98 Å². The van der Waals surface area contributed by atoms with Crippen LogP contribution in [0.2, 0.25) is 0 Å². The molecule has 23 heavy (non-hydrogen) atoms. The summed E-state index contributed by atoms with van der Waals surface area (Å²) in [7, 11) is 1.63. The number of aromatic nitrogens is 1. The van der Waals surface area contributed by atoms with Gasteiger partial charge in [-0.3, -0.25) is 0 Å². The minimum atomic E-state index is 0.437.